The Morgan fingerprint density at radius 2 is 1.81 bits per heavy atom. The van der Waals surface area contributed by atoms with Gasteiger partial charge in [-0.15, -0.1) is 11.3 Å². The van der Waals surface area contributed by atoms with Crippen LogP contribution in [0, 0.1) is 13.8 Å². The average Bonchev–Trinajstić information content (AvgIpc) is 3.05. The van der Waals surface area contributed by atoms with Gasteiger partial charge < -0.3 is 5.32 Å². The maximum Gasteiger partial charge on any atom is 0.263 e. The second-order valence-electron chi connectivity index (χ2n) is 7.84. The number of amides is 1. The van der Waals surface area contributed by atoms with E-state index in [4.69, 9.17) is 4.98 Å². The van der Waals surface area contributed by atoms with Crippen LogP contribution in [0.5, 0.6) is 0 Å². The minimum absolute atomic E-state index is 0.141. The van der Waals surface area contributed by atoms with Crippen LogP contribution in [-0.4, -0.2) is 33.4 Å². The quantitative estimate of drug-likeness (QED) is 0.552. The molecule has 1 aromatic carbocycles. The van der Waals surface area contributed by atoms with Gasteiger partial charge in [0.2, 0.25) is 5.91 Å². The van der Waals surface area contributed by atoms with Crippen molar-refractivity contribution in [3.05, 3.63) is 56.4 Å². The minimum atomic E-state index is -0.680. The first-order valence-electron chi connectivity index (χ1n) is 10.9. The van der Waals surface area contributed by atoms with Gasteiger partial charge in [-0.1, -0.05) is 32.9 Å². The van der Waals surface area contributed by atoms with Crippen LogP contribution in [0.3, 0.4) is 0 Å². The van der Waals surface area contributed by atoms with E-state index in [1.54, 1.807) is 22.8 Å². The van der Waals surface area contributed by atoms with E-state index in [1.807, 2.05) is 38.1 Å². The average molecular weight is 441 g/mol. The number of carbonyl (C=O) groups is 1. The molecule has 3 aromatic rings. The molecule has 0 spiro atoms. The number of nitrogens with one attached hydrogen (secondary N) is 1. The fraction of sp³-hybridized carbons (Fsp3) is 0.458. The molecule has 1 atom stereocenters. The summed E-state index contributed by atoms with van der Waals surface area (Å²) < 4.78 is 1.58. The monoisotopic (exact) mass is 440 g/mol. The molecule has 0 aliphatic rings. The van der Waals surface area contributed by atoms with E-state index in [1.165, 1.54) is 5.56 Å². The molecule has 1 unspecified atom stereocenters. The molecule has 1 N–H and O–H groups in total. The smallest absolute Gasteiger partial charge is 0.263 e. The van der Waals surface area contributed by atoms with E-state index in [-0.39, 0.29) is 11.5 Å². The summed E-state index contributed by atoms with van der Waals surface area (Å²) in [6.07, 6.45) is 0.944. The summed E-state index contributed by atoms with van der Waals surface area (Å²) in [4.78, 5) is 35.5. The molecule has 0 aliphatic heterocycles. The maximum atomic E-state index is 13.6. The maximum absolute atomic E-state index is 13.6. The van der Waals surface area contributed by atoms with Crippen molar-refractivity contribution in [2.75, 3.05) is 18.4 Å². The Bertz CT molecular complexity index is 1130. The predicted molar refractivity (Wildman–Crippen MR) is 129 cm³/mol. The fourth-order valence-corrected chi connectivity index (χ4v) is 4.73. The SMILES string of the molecule is CCc1ccc(NC(=O)C(C)n2c(CN(CC)CC)nc3sc(C)c(C)c3c2=O)cc1. The van der Waals surface area contributed by atoms with Crippen LogP contribution in [0.4, 0.5) is 5.69 Å². The van der Waals surface area contributed by atoms with Gasteiger partial charge in [0, 0.05) is 10.6 Å². The molecule has 7 heteroatoms. The van der Waals surface area contributed by atoms with Crippen molar-refractivity contribution < 1.29 is 4.79 Å². The Hall–Kier alpha value is -2.51. The van der Waals surface area contributed by atoms with Crippen molar-refractivity contribution in [1.82, 2.24) is 14.5 Å². The minimum Gasteiger partial charge on any atom is -0.324 e. The van der Waals surface area contributed by atoms with Gasteiger partial charge in [0.25, 0.3) is 5.56 Å². The van der Waals surface area contributed by atoms with Crippen molar-refractivity contribution >= 4 is 33.1 Å². The van der Waals surface area contributed by atoms with Gasteiger partial charge >= 0.3 is 0 Å². The highest BCUT2D eigenvalue weighted by molar-refractivity contribution is 7.18. The Kier molecular flexibility index (Phi) is 7.28. The molecule has 0 saturated carbocycles. The van der Waals surface area contributed by atoms with Crippen LogP contribution < -0.4 is 10.9 Å². The van der Waals surface area contributed by atoms with E-state index in [2.05, 4.69) is 31.0 Å². The number of benzene rings is 1. The molecule has 3 rings (SSSR count). The summed E-state index contributed by atoms with van der Waals surface area (Å²) in [7, 11) is 0. The molecule has 31 heavy (non-hydrogen) atoms. The summed E-state index contributed by atoms with van der Waals surface area (Å²) in [5.74, 6) is 0.407. The first-order chi connectivity index (χ1) is 14.8. The molecular weight excluding hydrogens is 408 g/mol. The summed E-state index contributed by atoms with van der Waals surface area (Å²) in [5.41, 5.74) is 2.74. The number of anilines is 1. The zero-order valence-electron chi connectivity index (χ0n) is 19.3. The van der Waals surface area contributed by atoms with Gasteiger partial charge in [0.15, 0.2) is 0 Å². The lowest BCUT2D eigenvalue weighted by molar-refractivity contribution is -0.119. The van der Waals surface area contributed by atoms with E-state index in [0.717, 1.165) is 40.5 Å². The van der Waals surface area contributed by atoms with Gasteiger partial charge in [0.1, 0.15) is 16.7 Å². The molecule has 1 amide bonds. The Balaban J connectivity index is 2.04. The Morgan fingerprint density at radius 1 is 1.16 bits per heavy atom. The first kappa shape index (κ1) is 23.2. The molecule has 166 valence electrons. The van der Waals surface area contributed by atoms with Crippen LogP contribution in [0.1, 0.15) is 55.6 Å². The number of carbonyl (C=O) groups excluding carboxylic acids is 1. The third kappa shape index (κ3) is 4.72. The van der Waals surface area contributed by atoms with Crippen molar-refractivity contribution in [3.63, 3.8) is 0 Å². The number of thiophene rings is 1. The molecule has 0 radical (unpaired) electrons. The predicted octanol–water partition coefficient (Wildman–Crippen LogP) is 4.68. The van der Waals surface area contributed by atoms with E-state index >= 15 is 0 Å². The highest BCUT2D eigenvalue weighted by atomic mass is 32.1. The van der Waals surface area contributed by atoms with E-state index in [0.29, 0.717) is 17.8 Å². The van der Waals surface area contributed by atoms with Gasteiger partial charge in [-0.25, -0.2) is 4.98 Å². The Labute approximate surface area is 187 Å². The van der Waals surface area contributed by atoms with Crippen molar-refractivity contribution in [1.29, 1.82) is 0 Å². The van der Waals surface area contributed by atoms with E-state index < -0.39 is 6.04 Å². The highest BCUT2D eigenvalue weighted by Crippen LogP contribution is 2.27. The van der Waals surface area contributed by atoms with Crippen LogP contribution >= 0.6 is 11.3 Å². The molecule has 0 aliphatic carbocycles. The molecule has 0 bridgehead atoms. The zero-order valence-corrected chi connectivity index (χ0v) is 20.1. The second kappa shape index (κ2) is 9.75. The summed E-state index contributed by atoms with van der Waals surface area (Å²) >= 11 is 1.54. The first-order valence-corrected chi connectivity index (χ1v) is 11.8. The van der Waals surface area contributed by atoms with Crippen LogP contribution in [0.15, 0.2) is 29.1 Å². The fourth-order valence-electron chi connectivity index (χ4n) is 3.69. The molecule has 0 saturated heterocycles. The number of nitrogens with zero attached hydrogens (tertiary/aromatic N) is 3. The van der Waals surface area contributed by atoms with Crippen molar-refractivity contribution in [2.24, 2.45) is 0 Å². The summed E-state index contributed by atoms with van der Waals surface area (Å²) in [6, 6.07) is 7.13. The molecular formula is C24H32N4O2S. The van der Waals surface area contributed by atoms with Crippen molar-refractivity contribution in [2.45, 2.75) is 60.5 Å². The topological polar surface area (TPSA) is 67.2 Å². The lowest BCUT2D eigenvalue weighted by Gasteiger charge is -2.23. The van der Waals surface area contributed by atoms with Crippen LogP contribution in [-0.2, 0) is 17.8 Å². The zero-order chi connectivity index (χ0) is 22.7. The number of hydrogen-bond acceptors (Lipinski definition) is 5. The molecule has 6 nitrogen and oxygen atoms in total. The lowest BCUT2D eigenvalue weighted by Crippen LogP contribution is -2.37. The third-order valence-electron chi connectivity index (χ3n) is 5.96. The van der Waals surface area contributed by atoms with Crippen molar-refractivity contribution in [3.8, 4) is 0 Å². The van der Waals surface area contributed by atoms with Gasteiger partial charge in [0.05, 0.1) is 11.9 Å². The number of hydrogen-bond donors (Lipinski definition) is 1. The van der Waals surface area contributed by atoms with Gasteiger partial charge in [-0.2, -0.15) is 0 Å². The van der Waals surface area contributed by atoms with Crippen LogP contribution in [0.25, 0.3) is 10.2 Å². The van der Waals surface area contributed by atoms with E-state index in [9.17, 15) is 9.59 Å². The summed E-state index contributed by atoms with van der Waals surface area (Å²) in [5, 5.41) is 3.58. The standard InChI is InChI=1S/C24H32N4O2S/c1-7-18-10-12-19(13-11-18)25-22(29)16(5)28-20(14-27(8-2)9-3)26-23-21(24(28)30)15(4)17(6)31-23/h10-13,16H,7-9,14H2,1-6H3,(H,25,29). The lowest BCUT2D eigenvalue weighted by atomic mass is 10.1. The van der Waals surface area contributed by atoms with Gasteiger partial charge in [-0.3, -0.25) is 19.1 Å². The van der Waals surface area contributed by atoms with Gasteiger partial charge in [-0.05, 0) is 63.5 Å². The summed E-state index contributed by atoms with van der Waals surface area (Å²) in [6.45, 7) is 14.2. The normalized spacial score (nSPS) is 12.5. The number of aryl methyl sites for hydroxylation is 3. The molecule has 2 heterocycles. The Morgan fingerprint density at radius 3 is 2.39 bits per heavy atom. The number of rotatable bonds is 8. The highest BCUT2D eigenvalue weighted by Gasteiger charge is 2.24. The second-order valence-corrected chi connectivity index (χ2v) is 9.05. The van der Waals surface area contributed by atoms with Crippen LogP contribution in [0.2, 0.25) is 0 Å². The number of fused-ring (bicyclic) bond motifs is 1. The number of aromatic nitrogens is 2. The molecule has 0 fully saturated rings. The largest absolute Gasteiger partial charge is 0.324 e. The third-order valence-corrected chi connectivity index (χ3v) is 7.07. The molecule has 2 aromatic heterocycles.